The highest BCUT2D eigenvalue weighted by atomic mass is 35.5. The highest BCUT2D eigenvalue weighted by Gasteiger charge is 2.49. The lowest BCUT2D eigenvalue weighted by Gasteiger charge is -2.39. The molecule has 2 aliphatic heterocycles. The van der Waals surface area contributed by atoms with Crippen molar-refractivity contribution in [3.05, 3.63) is 63.4 Å². The Balaban J connectivity index is 1.59. The molecule has 1 fully saturated rings. The van der Waals surface area contributed by atoms with E-state index in [-0.39, 0.29) is 12.2 Å². The summed E-state index contributed by atoms with van der Waals surface area (Å²) >= 11 is 12.5. The first-order chi connectivity index (χ1) is 13.7. The molecule has 2 aliphatic rings. The molecule has 3 heterocycles. The van der Waals surface area contributed by atoms with E-state index in [1.807, 2.05) is 45.0 Å². The number of hydrogen-bond donors (Lipinski definition) is 0. The molecule has 0 bridgehead atoms. The minimum atomic E-state index is -0.533. The number of carbonyl (C=O) groups excluding carboxylic acids is 1. The summed E-state index contributed by atoms with van der Waals surface area (Å²) in [4.78, 5) is 18.8. The predicted molar refractivity (Wildman–Crippen MR) is 112 cm³/mol. The van der Waals surface area contributed by atoms with Crippen LogP contribution in [-0.2, 0) is 15.1 Å². The second kappa shape index (κ2) is 7.46. The van der Waals surface area contributed by atoms with Crippen molar-refractivity contribution in [1.82, 2.24) is 9.88 Å². The van der Waals surface area contributed by atoms with Crippen LogP contribution >= 0.6 is 23.2 Å². The highest BCUT2D eigenvalue weighted by molar-refractivity contribution is 6.34. The topological polar surface area (TPSA) is 51.7 Å². The summed E-state index contributed by atoms with van der Waals surface area (Å²) in [5.74, 6) is 0. The minimum absolute atomic E-state index is 0.287. The Morgan fingerprint density at radius 3 is 2.48 bits per heavy atom. The van der Waals surface area contributed by atoms with Crippen molar-refractivity contribution in [1.29, 1.82) is 0 Å². The average Bonchev–Trinajstić information content (AvgIpc) is 2.95. The van der Waals surface area contributed by atoms with E-state index in [1.54, 1.807) is 17.2 Å². The number of ether oxygens (including phenoxy) is 2. The van der Waals surface area contributed by atoms with Crippen molar-refractivity contribution < 1.29 is 14.3 Å². The summed E-state index contributed by atoms with van der Waals surface area (Å²) in [6.45, 7) is 6.72. The fourth-order valence-electron chi connectivity index (χ4n) is 4.06. The zero-order chi connectivity index (χ0) is 20.8. The smallest absolute Gasteiger partial charge is 0.410 e. The van der Waals surface area contributed by atoms with E-state index in [0.717, 1.165) is 16.8 Å². The van der Waals surface area contributed by atoms with Crippen LogP contribution in [0.2, 0.25) is 10.0 Å². The van der Waals surface area contributed by atoms with Crippen molar-refractivity contribution in [3.63, 3.8) is 0 Å². The van der Waals surface area contributed by atoms with Gasteiger partial charge in [-0.05, 0) is 63.4 Å². The Bertz CT molecular complexity index is 914. The number of amides is 1. The number of nitrogens with zero attached hydrogens (tertiary/aromatic N) is 2. The highest BCUT2D eigenvalue weighted by Crippen LogP contribution is 2.51. The van der Waals surface area contributed by atoms with Gasteiger partial charge in [0, 0.05) is 34.9 Å². The molecule has 0 N–H and O–H groups in total. The number of pyridine rings is 1. The summed E-state index contributed by atoms with van der Waals surface area (Å²) in [5, 5.41) is 1.14. The summed E-state index contributed by atoms with van der Waals surface area (Å²) in [7, 11) is 0. The van der Waals surface area contributed by atoms with Gasteiger partial charge in [-0.15, -0.1) is 0 Å². The number of carbonyl (C=O) groups is 1. The first-order valence-electron chi connectivity index (χ1n) is 9.74. The van der Waals surface area contributed by atoms with E-state index in [4.69, 9.17) is 32.7 Å². The molecule has 1 unspecified atom stereocenters. The van der Waals surface area contributed by atoms with Crippen molar-refractivity contribution in [2.75, 3.05) is 13.1 Å². The van der Waals surface area contributed by atoms with Gasteiger partial charge in [0.2, 0.25) is 0 Å². The van der Waals surface area contributed by atoms with Crippen LogP contribution < -0.4 is 0 Å². The summed E-state index contributed by atoms with van der Waals surface area (Å²) in [6, 6.07) is 9.42. The molecule has 0 saturated carbocycles. The van der Waals surface area contributed by atoms with Gasteiger partial charge in [-0.3, -0.25) is 4.98 Å². The molecule has 29 heavy (non-hydrogen) atoms. The summed E-state index contributed by atoms with van der Waals surface area (Å²) < 4.78 is 12.1. The minimum Gasteiger partial charge on any atom is -0.444 e. The monoisotopic (exact) mass is 434 g/mol. The fraction of sp³-hybridized carbons (Fsp3) is 0.455. The molecular formula is C22H24Cl2N2O3. The van der Waals surface area contributed by atoms with Gasteiger partial charge < -0.3 is 14.4 Å². The molecule has 1 spiro atoms. The molecule has 1 saturated heterocycles. The second-order valence-corrected chi connectivity index (χ2v) is 9.48. The molecule has 7 heteroatoms. The Kier molecular flexibility index (Phi) is 5.26. The third-order valence-electron chi connectivity index (χ3n) is 5.31. The number of likely N-dealkylation sites (tertiary alicyclic amines) is 1. The predicted octanol–water partition coefficient (Wildman–Crippen LogP) is 5.73. The van der Waals surface area contributed by atoms with Gasteiger partial charge in [-0.2, -0.15) is 0 Å². The molecule has 1 aromatic carbocycles. The van der Waals surface area contributed by atoms with Crippen LogP contribution in [0.1, 0.15) is 56.5 Å². The van der Waals surface area contributed by atoms with Crippen LogP contribution in [0.5, 0.6) is 0 Å². The van der Waals surface area contributed by atoms with Crippen molar-refractivity contribution in [2.24, 2.45) is 0 Å². The van der Waals surface area contributed by atoms with Gasteiger partial charge in [-0.25, -0.2) is 4.79 Å². The lowest BCUT2D eigenvalue weighted by atomic mass is 9.87. The second-order valence-electron chi connectivity index (χ2n) is 8.60. The molecule has 2 aromatic rings. The molecule has 1 amide bonds. The van der Waals surface area contributed by atoms with E-state index in [1.165, 1.54) is 0 Å². The maximum atomic E-state index is 12.4. The van der Waals surface area contributed by atoms with E-state index in [0.29, 0.717) is 36.0 Å². The molecule has 1 atom stereocenters. The summed E-state index contributed by atoms with van der Waals surface area (Å²) in [5.41, 5.74) is 1.82. The van der Waals surface area contributed by atoms with Crippen LogP contribution in [0.25, 0.3) is 0 Å². The van der Waals surface area contributed by atoms with Gasteiger partial charge in [0.15, 0.2) is 0 Å². The first kappa shape index (κ1) is 20.5. The standard InChI is InChI=1S/C22H24Cl2N2O3/c1-21(2,3)29-20(27)26-9-6-22(7-10-26)19-17(5-4-8-25-19)18(28-22)14-11-15(23)13-16(24)12-14/h4-5,8,11-13,18H,6-7,9-10H2,1-3H3. The Morgan fingerprint density at radius 1 is 1.21 bits per heavy atom. The van der Waals surface area contributed by atoms with Crippen molar-refractivity contribution in [3.8, 4) is 0 Å². The van der Waals surface area contributed by atoms with Crippen LogP contribution in [0.15, 0.2) is 36.5 Å². The van der Waals surface area contributed by atoms with Gasteiger partial charge >= 0.3 is 6.09 Å². The van der Waals surface area contributed by atoms with Crippen molar-refractivity contribution in [2.45, 2.75) is 50.9 Å². The van der Waals surface area contributed by atoms with E-state index in [2.05, 4.69) is 4.98 Å². The van der Waals surface area contributed by atoms with E-state index < -0.39 is 11.2 Å². The van der Waals surface area contributed by atoms with Gasteiger partial charge in [0.25, 0.3) is 0 Å². The number of piperidine rings is 1. The first-order valence-corrected chi connectivity index (χ1v) is 10.5. The molecular weight excluding hydrogens is 411 g/mol. The third-order valence-corrected chi connectivity index (χ3v) is 5.74. The van der Waals surface area contributed by atoms with E-state index in [9.17, 15) is 4.79 Å². The van der Waals surface area contributed by atoms with Crippen LogP contribution in [0.3, 0.4) is 0 Å². The van der Waals surface area contributed by atoms with Gasteiger partial charge in [0.1, 0.15) is 17.3 Å². The normalized spacial score (nSPS) is 20.6. The maximum Gasteiger partial charge on any atom is 0.410 e. The molecule has 0 aliphatic carbocycles. The molecule has 5 nitrogen and oxygen atoms in total. The van der Waals surface area contributed by atoms with Gasteiger partial charge in [-0.1, -0.05) is 29.3 Å². The number of aromatic nitrogens is 1. The van der Waals surface area contributed by atoms with Gasteiger partial charge in [0.05, 0.1) is 5.69 Å². The zero-order valence-electron chi connectivity index (χ0n) is 16.7. The van der Waals surface area contributed by atoms with Crippen LogP contribution in [-0.4, -0.2) is 34.7 Å². The zero-order valence-corrected chi connectivity index (χ0v) is 18.3. The molecule has 0 radical (unpaired) electrons. The number of benzene rings is 1. The average molecular weight is 435 g/mol. The number of fused-ring (bicyclic) bond motifs is 2. The molecule has 154 valence electrons. The maximum absolute atomic E-state index is 12.4. The SMILES string of the molecule is CC(C)(C)OC(=O)N1CCC2(CC1)OC(c1cc(Cl)cc(Cl)c1)c1cccnc12. The Morgan fingerprint density at radius 2 is 1.86 bits per heavy atom. The van der Waals surface area contributed by atoms with Crippen molar-refractivity contribution >= 4 is 29.3 Å². The third kappa shape index (κ3) is 4.09. The summed E-state index contributed by atoms with van der Waals surface area (Å²) in [6.07, 6.45) is 2.52. The van der Waals surface area contributed by atoms with Crippen LogP contribution in [0.4, 0.5) is 4.79 Å². The number of hydrogen-bond acceptors (Lipinski definition) is 4. The van der Waals surface area contributed by atoms with E-state index >= 15 is 0 Å². The lowest BCUT2D eigenvalue weighted by Crippen LogP contribution is -2.47. The number of halogens is 2. The fourth-order valence-corrected chi connectivity index (χ4v) is 4.60. The quantitative estimate of drug-likeness (QED) is 0.574. The Hall–Kier alpha value is -1.82. The molecule has 1 aromatic heterocycles. The number of rotatable bonds is 1. The van der Waals surface area contributed by atoms with Crippen LogP contribution in [0, 0.1) is 0 Å². The molecule has 4 rings (SSSR count). The lowest BCUT2D eigenvalue weighted by molar-refractivity contribution is -0.0984. The Labute approximate surface area is 180 Å². The largest absolute Gasteiger partial charge is 0.444 e.